The molecule has 0 saturated heterocycles. The highest BCUT2D eigenvalue weighted by atomic mass is 79.9. The molecule has 192 valence electrons. The lowest BCUT2D eigenvalue weighted by Crippen LogP contribution is -2.31. The highest BCUT2D eigenvalue weighted by Crippen LogP contribution is 2.36. The highest BCUT2D eigenvalue weighted by Gasteiger charge is 2.31. The molecule has 2 aliphatic heterocycles. The zero-order valence-electron chi connectivity index (χ0n) is 21.3. The number of amides is 2. The van der Waals surface area contributed by atoms with Crippen LogP contribution in [0, 0.1) is 5.41 Å². The lowest BCUT2D eigenvalue weighted by atomic mass is 9.79. The molecule has 0 spiro atoms. The number of anilines is 1. The van der Waals surface area contributed by atoms with Gasteiger partial charge in [-0.2, -0.15) is 0 Å². The summed E-state index contributed by atoms with van der Waals surface area (Å²) in [6.07, 6.45) is 1.10. The van der Waals surface area contributed by atoms with Crippen LogP contribution in [0.1, 0.15) is 77.1 Å². The van der Waals surface area contributed by atoms with Gasteiger partial charge in [0.15, 0.2) is 5.78 Å². The number of carbonyl (C=O) groups is 3. The Morgan fingerprint density at radius 3 is 2.53 bits per heavy atom. The van der Waals surface area contributed by atoms with Crippen LogP contribution in [0.3, 0.4) is 0 Å². The fourth-order valence-electron chi connectivity index (χ4n) is 4.75. The van der Waals surface area contributed by atoms with Gasteiger partial charge >= 0.3 is 0 Å². The number of nitrogens with zero attached hydrogens (tertiary/aromatic N) is 1. The second kappa shape index (κ2) is 10.4. The summed E-state index contributed by atoms with van der Waals surface area (Å²) in [7, 11) is 1.55. The predicted molar refractivity (Wildman–Crippen MR) is 145 cm³/mol. The SMILES string of the molecule is Br.CCOc1cc2c(cc1C(=O)NC)C(=N)N(CC(=O)c1cc3c(c(C(C)(C)C)c1)CCC(=O)N3)C2. The molecule has 2 aliphatic rings. The molecule has 0 fully saturated rings. The third-order valence-electron chi connectivity index (χ3n) is 6.50. The van der Waals surface area contributed by atoms with E-state index < -0.39 is 0 Å². The molecule has 0 saturated carbocycles. The second-order valence-electron chi connectivity index (χ2n) is 9.99. The number of ketones is 1. The van der Waals surface area contributed by atoms with Crippen LogP contribution in [0.25, 0.3) is 0 Å². The first-order chi connectivity index (χ1) is 16.5. The van der Waals surface area contributed by atoms with Gasteiger partial charge in [-0.3, -0.25) is 19.8 Å². The monoisotopic (exact) mass is 556 g/mol. The van der Waals surface area contributed by atoms with Gasteiger partial charge < -0.3 is 20.3 Å². The van der Waals surface area contributed by atoms with E-state index >= 15 is 0 Å². The van der Waals surface area contributed by atoms with E-state index in [2.05, 4.69) is 31.4 Å². The zero-order valence-corrected chi connectivity index (χ0v) is 23.0. The van der Waals surface area contributed by atoms with E-state index in [9.17, 15) is 14.4 Å². The number of halogens is 1. The molecule has 0 aliphatic carbocycles. The van der Waals surface area contributed by atoms with E-state index in [0.717, 1.165) is 16.7 Å². The molecule has 2 aromatic carbocycles. The van der Waals surface area contributed by atoms with Crippen LogP contribution in [0.2, 0.25) is 0 Å². The number of Topliss-reactive ketones (excluding diaryl/α,β-unsaturated/α-hetero) is 1. The average molecular weight is 557 g/mol. The Balaban J connectivity index is 0.00000361. The number of hydrogen-bond donors (Lipinski definition) is 3. The van der Waals surface area contributed by atoms with Gasteiger partial charge in [0, 0.05) is 36.8 Å². The minimum Gasteiger partial charge on any atom is -0.493 e. The smallest absolute Gasteiger partial charge is 0.254 e. The second-order valence-corrected chi connectivity index (χ2v) is 9.99. The molecule has 0 aromatic heterocycles. The van der Waals surface area contributed by atoms with Gasteiger partial charge in [0.2, 0.25) is 5.91 Å². The van der Waals surface area contributed by atoms with Gasteiger partial charge in [-0.25, -0.2) is 0 Å². The Morgan fingerprint density at radius 1 is 1.17 bits per heavy atom. The number of ether oxygens (including phenoxy) is 1. The first-order valence-electron chi connectivity index (χ1n) is 11.9. The molecule has 0 radical (unpaired) electrons. The Kier molecular flexibility index (Phi) is 7.93. The van der Waals surface area contributed by atoms with Crippen molar-refractivity contribution in [2.24, 2.45) is 0 Å². The van der Waals surface area contributed by atoms with Crippen molar-refractivity contribution in [3.05, 3.63) is 57.6 Å². The van der Waals surface area contributed by atoms with Crippen molar-refractivity contribution in [1.82, 2.24) is 10.2 Å². The normalized spacial score (nSPS) is 14.4. The first kappa shape index (κ1) is 27.4. The van der Waals surface area contributed by atoms with E-state index in [-0.39, 0.29) is 52.4 Å². The average Bonchev–Trinajstić information content (AvgIpc) is 3.10. The topological polar surface area (TPSA) is 112 Å². The number of carbonyl (C=O) groups excluding carboxylic acids is 3. The molecule has 9 heteroatoms. The van der Waals surface area contributed by atoms with E-state index in [4.69, 9.17) is 10.1 Å². The van der Waals surface area contributed by atoms with Crippen LogP contribution in [0.15, 0.2) is 24.3 Å². The standard InChI is InChI=1S/C27H32N4O4.BrH/c1-6-35-23-11-16-13-31(25(28)18(16)12-19(23)26(34)29-5)14-22(32)15-9-20(27(2,3)4)17-7-8-24(33)30-21(17)10-15;/h9-12,28H,6-8,13-14H2,1-5H3,(H,29,34)(H,30,33);1H. The quantitative estimate of drug-likeness (QED) is 0.461. The van der Waals surface area contributed by atoms with Gasteiger partial charge in [-0.15, -0.1) is 17.0 Å². The largest absolute Gasteiger partial charge is 0.493 e. The minimum atomic E-state index is -0.288. The van der Waals surface area contributed by atoms with Crippen LogP contribution in [0.4, 0.5) is 5.69 Å². The van der Waals surface area contributed by atoms with Crippen LogP contribution < -0.4 is 15.4 Å². The minimum absolute atomic E-state index is 0. The number of nitrogens with one attached hydrogen (secondary N) is 3. The van der Waals surface area contributed by atoms with Crippen molar-refractivity contribution in [3.8, 4) is 5.75 Å². The fourth-order valence-corrected chi connectivity index (χ4v) is 4.75. The molecule has 36 heavy (non-hydrogen) atoms. The number of fused-ring (bicyclic) bond motifs is 2. The summed E-state index contributed by atoms with van der Waals surface area (Å²) < 4.78 is 5.66. The molecular weight excluding hydrogens is 524 g/mol. The molecule has 2 heterocycles. The molecule has 2 amide bonds. The molecule has 3 N–H and O–H groups in total. The third-order valence-corrected chi connectivity index (χ3v) is 6.50. The summed E-state index contributed by atoms with van der Waals surface area (Å²) in [5, 5.41) is 14.2. The molecule has 4 rings (SSSR count). The van der Waals surface area contributed by atoms with Crippen LogP contribution in [0.5, 0.6) is 5.75 Å². The Bertz CT molecular complexity index is 1250. The Hall–Kier alpha value is -3.20. The van der Waals surface area contributed by atoms with E-state index in [0.29, 0.717) is 54.1 Å². The maximum Gasteiger partial charge on any atom is 0.254 e. The van der Waals surface area contributed by atoms with Crippen LogP contribution in [-0.4, -0.2) is 48.5 Å². The summed E-state index contributed by atoms with van der Waals surface area (Å²) >= 11 is 0. The molecule has 0 atom stereocenters. The van der Waals surface area contributed by atoms with Crippen molar-refractivity contribution >= 4 is 46.1 Å². The van der Waals surface area contributed by atoms with Gasteiger partial charge in [-0.05, 0) is 59.7 Å². The predicted octanol–water partition coefficient (Wildman–Crippen LogP) is 4.23. The molecule has 8 nitrogen and oxygen atoms in total. The maximum atomic E-state index is 13.4. The summed E-state index contributed by atoms with van der Waals surface area (Å²) in [5.41, 5.74) is 4.99. The van der Waals surface area contributed by atoms with Crippen molar-refractivity contribution in [2.75, 3.05) is 25.5 Å². The fraction of sp³-hybridized carbons (Fsp3) is 0.407. The number of rotatable bonds is 6. The van der Waals surface area contributed by atoms with Crippen molar-refractivity contribution in [2.45, 2.75) is 52.5 Å². The van der Waals surface area contributed by atoms with Crippen molar-refractivity contribution in [1.29, 1.82) is 5.41 Å². The summed E-state index contributed by atoms with van der Waals surface area (Å²) in [4.78, 5) is 39.5. The van der Waals surface area contributed by atoms with E-state index in [1.165, 1.54) is 0 Å². The lowest BCUT2D eigenvalue weighted by Gasteiger charge is -2.29. The van der Waals surface area contributed by atoms with E-state index in [1.807, 2.05) is 13.0 Å². The molecule has 0 bridgehead atoms. The summed E-state index contributed by atoms with van der Waals surface area (Å²) in [5.74, 6) is 0.197. The third kappa shape index (κ3) is 5.16. The van der Waals surface area contributed by atoms with Gasteiger partial charge in [-0.1, -0.05) is 20.8 Å². The Morgan fingerprint density at radius 2 is 1.89 bits per heavy atom. The van der Waals surface area contributed by atoms with Crippen LogP contribution >= 0.6 is 17.0 Å². The highest BCUT2D eigenvalue weighted by molar-refractivity contribution is 8.93. The van der Waals surface area contributed by atoms with Crippen LogP contribution in [-0.2, 0) is 23.2 Å². The lowest BCUT2D eigenvalue weighted by molar-refractivity contribution is -0.116. The zero-order chi connectivity index (χ0) is 25.5. The maximum absolute atomic E-state index is 13.4. The number of hydrogen-bond acceptors (Lipinski definition) is 5. The summed E-state index contributed by atoms with van der Waals surface area (Å²) in [6, 6.07) is 7.14. The molecule has 2 aromatic rings. The number of amidine groups is 1. The van der Waals surface area contributed by atoms with Gasteiger partial charge in [0.25, 0.3) is 5.91 Å². The molecule has 0 unspecified atom stereocenters. The van der Waals surface area contributed by atoms with Gasteiger partial charge in [0.1, 0.15) is 11.6 Å². The van der Waals surface area contributed by atoms with Crippen molar-refractivity contribution < 1.29 is 19.1 Å². The van der Waals surface area contributed by atoms with Gasteiger partial charge in [0.05, 0.1) is 18.7 Å². The Labute approximate surface area is 222 Å². The first-order valence-corrected chi connectivity index (χ1v) is 11.9. The number of benzene rings is 2. The van der Waals surface area contributed by atoms with Crippen molar-refractivity contribution in [3.63, 3.8) is 0 Å². The molecular formula is C27H33BrN4O4. The summed E-state index contributed by atoms with van der Waals surface area (Å²) in [6.45, 7) is 8.94. The van der Waals surface area contributed by atoms with E-state index in [1.54, 1.807) is 30.1 Å².